The molecule has 1 atom stereocenters. The van der Waals surface area contributed by atoms with Crippen LogP contribution in [0.4, 0.5) is 5.69 Å². The second-order valence-electron chi connectivity index (χ2n) is 11.8. The molecule has 1 saturated heterocycles. The maximum Gasteiger partial charge on any atom is 0.339 e. The maximum absolute atomic E-state index is 13.6. The molecule has 0 radical (unpaired) electrons. The van der Waals surface area contributed by atoms with E-state index >= 15 is 0 Å². The number of benzene rings is 4. The Morgan fingerprint density at radius 1 is 0.727 bits per heavy atom. The molecule has 4 aromatic rings. The molecule has 0 spiro atoms. The van der Waals surface area contributed by atoms with Gasteiger partial charge in [-0.2, -0.15) is 16.8 Å². The van der Waals surface area contributed by atoms with Crippen LogP contribution in [-0.4, -0.2) is 27.5 Å². The molecular weight excluding hydrogens is 617 g/mol. The summed E-state index contributed by atoms with van der Waals surface area (Å²) in [7, 11) is -8.56. The fourth-order valence-electron chi connectivity index (χ4n) is 5.57. The standard InChI is InChI=1S/C33H34N2O6S3/c1-23-11-16-27(17-12-23)43(36,37)40-26-15-20-29(30(21-26)41-44(38,39)28-18-13-24(2)14-19-28)33(5)22-32(3,4)34-31(42)35(33)25-9-7-6-8-10-25/h6-21H,22H2,1-5H3,(H,34,42)/t33-/m1/s1. The smallest absolute Gasteiger partial charge is 0.339 e. The van der Waals surface area contributed by atoms with Gasteiger partial charge in [-0.1, -0.05) is 53.6 Å². The lowest BCUT2D eigenvalue weighted by Crippen LogP contribution is -2.65. The van der Waals surface area contributed by atoms with Crippen molar-refractivity contribution in [3.63, 3.8) is 0 Å². The van der Waals surface area contributed by atoms with Crippen molar-refractivity contribution in [3.05, 3.63) is 114 Å². The van der Waals surface area contributed by atoms with E-state index < -0.39 is 31.3 Å². The van der Waals surface area contributed by atoms with Gasteiger partial charge in [0.1, 0.15) is 15.5 Å². The van der Waals surface area contributed by atoms with E-state index in [0.29, 0.717) is 17.1 Å². The van der Waals surface area contributed by atoms with Gasteiger partial charge >= 0.3 is 20.2 Å². The largest absolute Gasteiger partial charge is 0.379 e. The van der Waals surface area contributed by atoms with Crippen molar-refractivity contribution in [2.75, 3.05) is 4.90 Å². The van der Waals surface area contributed by atoms with E-state index in [1.54, 1.807) is 30.3 Å². The van der Waals surface area contributed by atoms with Crippen LogP contribution in [0.15, 0.2) is 107 Å². The third-order valence-corrected chi connectivity index (χ3v) is 10.3. The third-order valence-electron chi connectivity index (χ3n) is 7.50. The molecule has 1 fully saturated rings. The topological polar surface area (TPSA) is 102 Å². The molecule has 8 nitrogen and oxygen atoms in total. The quantitative estimate of drug-likeness (QED) is 0.167. The molecule has 1 aliphatic heterocycles. The summed E-state index contributed by atoms with van der Waals surface area (Å²) in [5.41, 5.74) is 1.64. The first-order chi connectivity index (χ1) is 20.6. The van der Waals surface area contributed by atoms with Gasteiger partial charge in [0.25, 0.3) is 0 Å². The van der Waals surface area contributed by atoms with Crippen molar-refractivity contribution in [3.8, 4) is 11.5 Å². The van der Waals surface area contributed by atoms with Crippen molar-refractivity contribution in [1.29, 1.82) is 0 Å². The van der Waals surface area contributed by atoms with Gasteiger partial charge in [0.2, 0.25) is 0 Å². The minimum atomic E-state index is -4.33. The Kier molecular flexibility index (Phi) is 8.25. The van der Waals surface area contributed by atoms with Crippen molar-refractivity contribution in [2.45, 2.75) is 61.9 Å². The Labute approximate surface area is 264 Å². The Morgan fingerprint density at radius 2 is 1.25 bits per heavy atom. The Bertz CT molecular complexity index is 1910. The highest BCUT2D eigenvalue weighted by molar-refractivity contribution is 7.87. The van der Waals surface area contributed by atoms with Gasteiger partial charge in [-0.25, -0.2) is 0 Å². The Hall–Kier alpha value is -3.93. The molecule has 1 aliphatic rings. The molecule has 0 amide bonds. The molecule has 0 bridgehead atoms. The van der Waals surface area contributed by atoms with Crippen molar-refractivity contribution >= 4 is 43.3 Å². The lowest BCUT2D eigenvalue weighted by molar-refractivity contribution is 0.278. The average Bonchev–Trinajstić information content (AvgIpc) is 2.92. The number of hydrogen-bond donors (Lipinski definition) is 1. The van der Waals surface area contributed by atoms with Gasteiger partial charge in [-0.15, -0.1) is 0 Å². The highest BCUT2D eigenvalue weighted by atomic mass is 32.2. The number of thiocarbonyl (C=S) groups is 1. The first kappa shape index (κ1) is 31.5. The summed E-state index contributed by atoms with van der Waals surface area (Å²) in [5, 5.41) is 3.84. The second kappa shape index (κ2) is 11.5. The van der Waals surface area contributed by atoms with Gasteiger partial charge in [-0.3, -0.25) is 0 Å². The summed E-state index contributed by atoms with van der Waals surface area (Å²) < 4.78 is 64.9. The van der Waals surface area contributed by atoms with Gasteiger partial charge in [0.05, 0.1) is 5.54 Å². The third kappa shape index (κ3) is 6.45. The normalized spacial score (nSPS) is 18.4. The van der Waals surface area contributed by atoms with Crippen LogP contribution in [0.25, 0.3) is 0 Å². The van der Waals surface area contributed by atoms with Crippen LogP contribution >= 0.6 is 12.2 Å². The first-order valence-corrected chi connectivity index (χ1v) is 17.2. The van der Waals surface area contributed by atoms with Crippen molar-refractivity contribution < 1.29 is 25.2 Å². The van der Waals surface area contributed by atoms with E-state index in [2.05, 4.69) is 5.32 Å². The molecule has 5 rings (SSSR count). The van der Waals surface area contributed by atoms with Crippen molar-refractivity contribution in [2.24, 2.45) is 0 Å². The van der Waals surface area contributed by atoms with Gasteiger partial charge in [-0.05, 0) is 102 Å². The molecule has 0 aromatic heterocycles. The van der Waals surface area contributed by atoms with E-state index in [0.717, 1.165) is 16.8 Å². The van der Waals surface area contributed by atoms with Crippen molar-refractivity contribution in [1.82, 2.24) is 5.32 Å². The van der Waals surface area contributed by atoms with Crippen LogP contribution in [0.2, 0.25) is 0 Å². The molecule has 230 valence electrons. The molecular formula is C33H34N2O6S3. The molecule has 44 heavy (non-hydrogen) atoms. The number of nitrogens with one attached hydrogen (secondary N) is 1. The molecule has 0 saturated carbocycles. The summed E-state index contributed by atoms with van der Waals surface area (Å²) in [5.74, 6) is -0.180. The molecule has 1 N–H and O–H groups in total. The van der Waals surface area contributed by atoms with E-state index in [-0.39, 0.29) is 21.3 Å². The summed E-state index contributed by atoms with van der Waals surface area (Å²) in [6, 6.07) is 26.5. The zero-order valence-corrected chi connectivity index (χ0v) is 27.5. The lowest BCUT2D eigenvalue weighted by Gasteiger charge is -2.53. The molecule has 4 aromatic carbocycles. The van der Waals surface area contributed by atoms with E-state index in [1.807, 2.05) is 69.9 Å². The summed E-state index contributed by atoms with van der Waals surface area (Å²) in [6.45, 7) is 9.68. The van der Waals surface area contributed by atoms with Crippen LogP contribution in [-0.2, 0) is 25.8 Å². The van der Waals surface area contributed by atoms with Crippen LogP contribution in [0.3, 0.4) is 0 Å². The number of aryl methyl sites for hydroxylation is 2. The second-order valence-corrected chi connectivity index (χ2v) is 15.3. The summed E-state index contributed by atoms with van der Waals surface area (Å²) in [6.07, 6.45) is 0.484. The fraction of sp³-hybridized carbons (Fsp3) is 0.242. The Balaban J connectivity index is 1.67. The number of para-hydroxylation sites is 1. The Morgan fingerprint density at radius 3 is 1.80 bits per heavy atom. The number of nitrogens with zero attached hydrogens (tertiary/aromatic N) is 1. The minimum absolute atomic E-state index is 0.0328. The lowest BCUT2D eigenvalue weighted by atomic mass is 9.76. The molecule has 1 heterocycles. The highest BCUT2D eigenvalue weighted by Crippen LogP contribution is 2.47. The van der Waals surface area contributed by atoms with Gasteiger partial charge in [0.15, 0.2) is 10.9 Å². The summed E-state index contributed by atoms with van der Waals surface area (Å²) >= 11 is 5.86. The number of hydrogen-bond acceptors (Lipinski definition) is 7. The van der Waals surface area contributed by atoms with Crippen LogP contribution < -0.4 is 18.6 Å². The monoisotopic (exact) mass is 650 g/mol. The predicted molar refractivity (Wildman–Crippen MR) is 175 cm³/mol. The van der Waals surface area contributed by atoms with E-state index in [4.69, 9.17) is 20.6 Å². The van der Waals surface area contributed by atoms with Gasteiger partial charge < -0.3 is 18.6 Å². The van der Waals surface area contributed by atoms with E-state index in [9.17, 15) is 16.8 Å². The zero-order valence-electron chi connectivity index (χ0n) is 25.1. The van der Waals surface area contributed by atoms with Gasteiger partial charge in [0, 0.05) is 22.9 Å². The first-order valence-electron chi connectivity index (χ1n) is 13.9. The SMILES string of the molecule is Cc1ccc(S(=O)(=O)Oc2ccc([C@@]3(C)CC(C)(C)NC(=S)N3c3ccccc3)c(OS(=O)(=O)c3ccc(C)cc3)c2)cc1. The predicted octanol–water partition coefficient (Wildman–Crippen LogP) is 6.62. The fourth-order valence-corrected chi connectivity index (χ4v) is 8.01. The molecule has 11 heteroatoms. The maximum atomic E-state index is 13.6. The van der Waals surface area contributed by atoms with Crippen LogP contribution in [0, 0.1) is 13.8 Å². The number of anilines is 1. The van der Waals surface area contributed by atoms with Crippen LogP contribution in [0.1, 0.15) is 43.9 Å². The minimum Gasteiger partial charge on any atom is -0.379 e. The molecule has 0 unspecified atom stereocenters. The van der Waals surface area contributed by atoms with Crippen LogP contribution in [0.5, 0.6) is 11.5 Å². The molecule has 0 aliphatic carbocycles. The summed E-state index contributed by atoms with van der Waals surface area (Å²) in [4.78, 5) is 1.85. The average molecular weight is 651 g/mol. The number of rotatable bonds is 8. The highest BCUT2D eigenvalue weighted by Gasteiger charge is 2.48. The zero-order chi connectivity index (χ0) is 31.9. The van der Waals surface area contributed by atoms with E-state index in [1.165, 1.54) is 36.4 Å².